The lowest BCUT2D eigenvalue weighted by molar-refractivity contribution is -0.384. The first-order valence-corrected chi connectivity index (χ1v) is 10.5. The molecule has 2 aliphatic rings. The van der Waals surface area contributed by atoms with E-state index in [0.717, 1.165) is 0 Å². The predicted molar refractivity (Wildman–Crippen MR) is 110 cm³/mol. The Kier molecular flexibility index (Phi) is 8.38. The molecule has 2 aliphatic heterocycles. The molecular weight excluding hydrogens is 460 g/mol. The van der Waals surface area contributed by atoms with Crippen molar-refractivity contribution in [3.63, 3.8) is 0 Å². The van der Waals surface area contributed by atoms with Crippen molar-refractivity contribution < 1.29 is 54.2 Å². The van der Waals surface area contributed by atoms with E-state index in [4.69, 9.17) is 18.9 Å². The van der Waals surface area contributed by atoms with Crippen molar-refractivity contribution >= 4 is 11.6 Å². The van der Waals surface area contributed by atoms with Gasteiger partial charge in [0.15, 0.2) is 6.29 Å². The van der Waals surface area contributed by atoms with Crippen molar-refractivity contribution in [2.45, 2.75) is 75.2 Å². The molecule has 14 heteroatoms. The van der Waals surface area contributed by atoms with Crippen molar-refractivity contribution in [1.82, 2.24) is 5.32 Å². The first kappa shape index (κ1) is 26.2. The summed E-state index contributed by atoms with van der Waals surface area (Å²) in [5, 5.41) is 64.1. The smallest absolute Gasteiger partial charge is 0.269 e. The van der Waals surface area contributed by atoms with Gasteiger partial charge in [0.2, 0.25) is 12.2 Å². The van der Waals surface area contributed by atoms with Crippen molar-refractivity contribution in [3.8, 4) is 5.75 Å². The molecule has 10 atom stereocenters. The lowest BCUT2D eigenvalue weighted by Gasteiger charge is -2.47. The van der Waals surface area contributed by atoms with Crippen molar-refractivity contribution in [2.24, 2.45) is 0 Å². The minimum Gasteiger partial charge on any atom is -0.463 e. The highest BCUT2D eigenvalue weighted by molar-refractivity contribution is 5.73. The van der Waals surface area contributed by atoms with Crippen LogP contribution in [-0.2, 0) is 19.0 Å². The van der Waals surface area contributed by atoms with Crippen LogP contribution in [0.1, 0.15) is 13.8 Å². The molecule has 2 fully saturated rings. The van der Waals surface area contributed by atoms with E-state index in [2.05, 4.69) is 5.32 Å². The molecule has 14 nitrogen and oxygen atoms in total. The molecule has 0 bridgehead atoms. The molecule has 0 spiro atoms. The summed E-state index contributed by atoms with van der Waals surface area (Å²) in [6.07, 6.45) is -12.6. The number of hydrogen-bond acceptors (Lipinski definition) is 12. The summed E-state index contributed by atoms with van der Waals surface area (Å²) in [4.78, 5) is 22.2. The van der Waals surface area contributed by atoms with Crippen LogP contribution in [-0.4, -0.2) is 104 Å². The molecule has 1 aromatic rings. The number of ether oxygens (including phenoxy) is 4. The van der Waals surface area contributed by atoms with Gasteiger partial charge in [-0.1, -0.05) is 0 Å². The van der Waals surface area contributed by atoms with Crippen molar-refractivity contribution in [2.75, 3.05) is 6.61 Å². The summed E-state index contributed by atoms with van der Waals surface area (Å²) in [5.74, 6) is -0.429. The molecule has 0 radical (unpaired) electrons. The van der Waals surface area contributed by atoms with E-state index < -0.39 is 78.8 Å². The number of aliphatic hydroxyl groups is 5. The van der Waals surface area contributed by atoms with Gasteiger partial charge in [-0.05, 0) is 19.1 Å². The van der Waals surface area contributed by atoms with Gasteiger partial charge in [0, 0.05) is 19.1 Å². The number of aliphatic hydroxyl groups excluding tert-OH is 5. The summed E-state index contributed by atoms with van der Waals surface area (Å²) >= 11 is 0. The van der Waals surface area contributed by atoms with Gasteiger partial charge in [-0.3, -0.25) is 14.9 Å². The highest BCUT2D eigenvalue weighted by Crippen LogP contribution is 2.30. The fraction of sp³-hybridized carbons (Fsp3) is 0.650. The molecule has 0 saturated carbocycles. The second-order valence-electron chi connectivity index (χ2n) is 8.09. The van der Waals surface area contributed by atoms with Crippen LogP contribution in [0.4, 0.5) is 5.69 Å². The summed E-state index contributed by atoms with van der Waals surface area (Å²) < 4.78 is 22.5. The lowest BCUT2D eigenvalue weighted by Crippen LogP contribution is -2.68. The van der Waals surface area contributed by atoms with E-state index in [0.29, 0.717) is 0 Å². The third kappa shape index (κ3) is 5.61. The molecule has 1 amide bonds. The maximum Gasteiger partial charge on any atom is 0.269 e. The van der Waals surface area contributed by atoms with E-state index in [1.54, 1.807) is 0 Å². The predicted octanol–water partition coefficient (Wildman–Crippen LogP) is -2.23. The number of benzene rings is 1. The molecule has 2 heterocycles. The Morgan fingerprint density at radius 1 is 1.06 bits per heavy atom. The first-order valence-electron chi connectivity index (χ1n) is 10.5. The summed E-state index contributed by atoms with van der Waals surface area (Å²) in [6, 6.07) is 3.78. The average Bonchev–Trinajstić information content (AvgIpc) is 2.79. The van der Waals surface area contributed by atoms with Crippen LogP contribution < -0.4 is 10.1 Å². The van der Waals surface area contributed by atoms with Gasteiger partial charge in [-0.25, -0.2) is 0 Å². The molecule has 1 unspecified atom stereocenters. The molecule has 6 N–H and O–H groups in total. The minimum absolute atomic E-state index is 0.124. The SMILES string of the molecule is CC(=O)N[C@H]1C(Oc2ccc([N+](=O)[O-])cc2)O[C@H](CO)[C@@H](O)[C@@H]1O[C@@H]1O[C@@H](C)[C@@H](O)[C@@H](O)[C@@H]1O. The Morgan fingerprint density at radius 3 is 2.26 bits per heavy atom. The Labute approximate surface area is 193 Å². The van der Waals surface area contributed by atoms with Gasteiger partial charge in [0.05, 0.1) is 17.6 Å². The fourth-order valence-electron chi connectivity index (χ4n) is 3.78. The van der Waals surface area contributed by atoms with Crippen LogP contribution in [0, 0.1) is 10.1 Å². The topological polar surface area (TPSA) is 210 Å². The summed E-state index contributed by atoms with van der Waals surface area (Å²) in [5.41, 5.74) is -0.182. The molecule has 1 aromatic carbocycles. The number of non-ortho nitro benzene ring substituents is 1. The zero-order valence-electron chi connectivity index (χ0n) is 18.3. The van der Waals surface area contributed by atoms with E-state index in [-0.39, 0.29) is 11.4 Å². The summed E-state index contributed by atoms with van der Waals surface area (Å²) in [6.45, 7) is 1.97. The normalized spacial score (nSPS) is 38.2. The number of carbonyl (C=O) groups is 1. The number of carbonyl (C=O) groups excluding carboxylic acids is 1. The van der Waals surface area contributed by atoms with Gasteiger partial charge >= 0.3 is 0 Å². The quantitative estimate of drug-likeness (QED) is 0.178. The third-order valence-electron chi connectivity index (χ3n) is 5.62. The maximum atomic E-state index is 11.9. The highest BCUT2D eigenvalue weighted by Gasteiger charge is 2.51. The Morgan fingerprint density at radius 2 is 1.71 bits per heavy atom. The first-order chi connectivity index (χ1) is 16.0. The molecule has 0 aliphatic carbocycles. The van der Waals surface area contributed by atoms with Crippen LogP contribution in [0.3, 0.4) is 0 Å². The third-order valence-corrected chi connectivity index (χ3v) is 5.62. The highest BCUT2D eigenvalue weighted by atomic mass is 16.7. The van der Waals surface area contributed by atoms with Crippen LogP contribution >= 0.6 is 0 Å². The van der Waals surface area contributed by atoms with Gasteiger partial charge in [-0.2, -0.15) is 0 Å². The minimum atomic E-state index is -1.69. The number of hydrogen-bond donors (Lipinski definition) is 6. The maximum absolute atomic E-state index is 11.9. The van der Waals surface area contributed by atoms with Crippen LogP contribution in [0.15, 0.2) is 24.3 Å². The second-order valence-corrected chi connectivity index (χ2v) is 8.09. The number of nitro benzene ring substituents is 1. The summed E-state index contributed by atoms with van der Waals surface area (Å²) in [7, 11) is 0. The van der Waals surface area contributed by atoms with Crippen LogP contribution in [0.25, 0.3) is 0 Å². The average molecular weight is 488 g/mol. The number of amides is 1. The van der Waals surface area contributed by atoms with Gasteiger partial charge in [0.1, 0.15) is 48.4 Å². The number of nitrogens with one attached hydrogen (secondary N) is 1. The van der Waals surface area contributed by atoms with Crippen molar-refractivity contribution in [1.29, 1.82) is 0 Å². The monoisotopic (exact) mass is 488 g/mol. The van der Waals surface area contributed by atoms with Crippen molar-refractivity contribution in [3.05, 3.63) is 34.4 Å². The zero-order chi connectivity index (χ0) is 25.2. The molecular formula is C20H28N2O12. The van der Waals surface area contributed by atoms with E-state index in [1.165, 1.54) is 38.1 Å². The van der Waals surface area contributed by atoms with E-state index >= 15 is 0 Å². The van der Waals surface area contributed by atoms with E-state index in [9.17, 15) is 40.4 Å². The largest absolute Gasteiger partial charge is 0.463 e. The molecule has 0 aromatic heterocycles. The Bertz CT molecular complexity index is 854. The molecule has 2 saturated heterocycles. The molecule has 34 heavy (non-hydrogen) atoms. The van der Waals surface area contributed by atoms with Gasteiger partial charge in [-0.15, -0.1) is 0 Å². The molecule has 190 valence electrons. The number of nitro groups is 1. The van der Waals surface area contributed by atoms with E-state index in [1.807, 2.05) is 0 Å². The molecule has 3 rings (SSSR count). The Balaban J connectivity index is 1.87. The Hall–Kier alpha value is -2.43. The standard InChI is InChI=1S/C20H28N2O12/c1-8-14(25)16(27)17(28)20(31-8)34-18-13(21-9(2)24)19(33-12(7-23)15(18)26)32-11-5-3-10(4-6-11)22(29)30/h3-6,8,12-20,23,25-28H,7H2,1-2H3,(H,21,24)/t8-,12+,13+,14+,15+,16+,17-,18+,19?,20-/m0/s1. The number of rotatable bonds is 7. The zero-order valence-corrected chi connectivity index (χ0v) is 18.3. The number of nitrogens with zero attached hydrogens (tertiary/aromatic N) is 1. The van der Waals surface area contributed by atoms with Gasteiger partial charge in [0.25, 0.3) is 5.69 Å². The van der Waals surface area contributed by atoms with Crippen LogP contribution in [0.2, 0.25) is 0 Å². The van der Waals surface area contributed by atoms with Gasteiger partial charge < -0.3 is 49.8 Å². The second kappa shape index (κ2) is 10.9. The fourth-order valence-corrected chi connectivity index (χ4v) is 3.78. The van der Waals surface area contributed by atoms with Crippen LogP contribution in [0.5, 0.6) is 5.75 Å². The lowest BCUT2D eigenvalue weighted by atomic mass is 9.95.